The highest BCUT2D eigenvalue weighted by molar-refractivity contribution is 6.30. The molecule has 5 rings (SSSR count). The lowest BCUT2D eigenvalue weighted by atomic mass is 10.1. The maximum absolute atomic E-state index is 14.3. The zero-order chi connectivity index (χ0) is 25.8. The van der Waals surface area contributed by atoms with Gasteiger partial charge in [-0.15, -0.1) is 0 Å². The number of carbonyl (C=O) groups excluding carboxylic acids is 2. The first-order valence-corrected chi connectivity index (χ1v) is 12.0. The Morgan fingerprint density at radius 3 is 2.38 bits per heavy atom. The molecule has 4 aromatic carbocycles. The lowest BCUT2D eigenvalue weighted by molar-refractivity contribution is -0.117. The predicted molar refractivity (Wildman–Crippen MR) is 142 cm³/mol. The standard InChI is InChI=1S/C30H22ClFN2O3/c31-24-15-11-21(12-16-24)18-33-29(35)22-13-9-20(10-14-22)17-28-30(36)34(19-23-5-1-2-6-25(23)32)26-7-3-4-8-27(26)37-28/h1-17H,18-19H2,(H,33,35)/b28-17-. The molecule has 4 aromatic rings. The monoisotopic (exact) mass is 512 g/mol. The summed E-state index contributed by atoms with van der Waals surface area (Å²) in [5.41, 5.74) is 3.08. The van der Waals surface area contributed by atoms with Gasteiger partial charge in [-0.1, -0.05) is 66.2 Å². The van der Waals surface area contributed by atoms with Gasteiger partial charge in [0.1, 0.15) is 5.82 Å². The Balaban J connectivity index is 1.33. The molecular formula is C30H22ClFN2O3. The quantitative estimate of drug-likeness (QED) is 0.305. The van der Waals surface area contributed by atoms with Crippen molar-refractivity contribution < 1.29 is 18.7 Å². The van der Waals surface area contributed by atoms with Crippen molar-refractivity contribution in [2.45, 2.75) is 13.1 Å². The van der Waals surface area contributed by atoms with Crippen LogP contribution in [0.15, 0.2) is 103 Å². The summed E-state index contributed by atoms with van der Waals surface area (Å²) in [6.45, 7) is 0.442. The number of carbonyl (C=O) groups is 2. The van der Waals surface area contributed by atoms with Crippen molar-refractivity contribution in [3.63, 3.8) is 0 Å². The van der Waals surface area contributed by atoms with Gasteiger partial charge in [0.15, 0.2) is 11.5 Å². The van der Waals surface area contributed by atoms with Crippen LogP contribution in [0.25, 0.3) is 6.08 Å². The number of amides is 2. The number of ether oxygens (including phenoxy) is 1. The van der Waals surface area contributed by atoms with Crippen LogP contribution in [-0.2, 0) is 17.9 Å². The number of halogens is 2. The van der Waals surface area contributed by atoms with Gasteiger partial charge in [-0.25, -0.2) is 4.39 Å². The molecule has 0 fully saturated rings. The van der Waals surface area contributed by atoms with Crippen LogP contribution in [0.1, 0.15) is 27.0 Å². The molecule has 0 bridgehead atoms. The van der Waals surface area contributed by atoms with Crippen LogP contribution in [0.2, 0.25) is 5.02 Å². The number of benzene rings is 4. The molecule has 5 nitrogen and oxygen atoms in total. The van der Waals surface area contributed by atoms with E-state index in [1.807, 2.05) is 18.2 Å². The second kappa shape index (κ2) is 10.7. The van der Waals surface area contributed by atoms with E-state index in [4.69, 9.17) is 16.3 Å². The number of fused-ring (bicyclic) bond motifs is 1. The Hall–Kier alpha value is -4.42. The summed E-state index contributed by atoms with van der Waals surface area (Å²) in [5, 5.41) is 3.51. The minimum absolute atomic E-state index is 0.0654. The van der Waals surface area contributed by atoms with Gasteiger partial charge >= 0.3 is 0 Å². The molecule has 0 aliphatic carbocycles. The summed E-state index contributed by atoms with van der Waals surface area (Å²) in [5.74, 6) is -0.372. The van der Waals surface area contributed by atoms with Gasteiger partial charge in [-0.2, -0.15) is 0 Å². The van der Waals surface area contributed by atoms with E-state index in [0.717, 1.165) is 5.56 Å². The first-order valence-electron chi connectivity index (χ1n) is 11.6. The highest BCUT2D eigenvalue weighted by atomic mass is 35.5. The summed E-state index contributed by atoms with van der Waals surface area (Å²) < 4.78 is 20.2. The van der Waals surface area contributed by atoms with Gasteiger partial charge in [0, 0.05) is 22.7 Å². The molecule has 0 unspecified atom stereocenters. The van der Waals surface area contributed by atoms with Crippen molar-refractivity contribution in [2.75, 3.05) is 4.90 Å². The second-order valence-electron chi connectivity index (χ2n) is 8.49. The third-order valence-corrected chi connectivity index (χ3v) is 6.21. The van der Waals surface area contributed by atoms with E-state index in [1.54, 1.807) is 78.9 Å². The van der Waals surface area contributed by atoms with Gasteiger partial charge in [0.05, 0.1) is 12.2 Å². The molecule has 1 aliphatic rings. The van der Waals surface area contributed by atoms with E-state index in [1.165, 1.54) is 11.0 Å². The van der Waals surface area contributed by atoms with E-state index in [9.17, 15) is 14.0 Å². The normalized spacial score (nSPS) is 13.7. The molecule has 0 spiro atoms. The maximum atomic E-state index is 14.3. The maximum Gasteiger partial charge on any atom is 0.294 e. The van der Waals surface area contributed by atoms with Crippen LogP contribution in [0.4, 0.5) is 10.1 Å². The Kier molecular flexibility index (Phi) is 7.01. The average Bonchev–Trinajstić information content (AvgIpc) is 2.92. The highest BCUT2D eigenvalue weighted by Gasteiger charge is 2.30. The van der Waals surface area contributed by atoms with Crippen molar-refractivity contribution in [1.82, 2.24) is 5.32 Å². The van der Waals surface area contributed by atoms with E-state index in [-0.39, 0.29) is 29.9 Å². The lowest BCUT2D eigenvalue weighted by Crippen LogP contribution is -2.37. The Bertz CT molecular complexity index is 1480. The number of hydrogen-bond acceptors (Lipinski definition) is 3. The summed E-state index contributed by atoms with van der Waals surface area (Å²) in [4.78, 5) is 27.4. The summed E-state index contributed by atoms with van der Waals surface area (Å²) in [6.07, 6.45) is 1.61. The molecule has 2 amide bonds. The smallest absolute Gasteiger partial charge is 0.294 e. The summed E-state index contributed by atoms with van der Waals surface area (Å²) in [7, 11) is 0. The fraction of sp³-hybridized carbons (Fsp3) is 0.0667. The number of rotatable bonds is 6. The van der Waals surface area contributed by atoms with Crippen LogP contribution in [0.3, 0.4) is 0 Å². The number of nitrogens with one attached hydrogen (secondary N) is 1. The van der Waals surface area contributed by atoms with Crippen LogP contribution in [-0.4, -0.2) is 11.8 Å². The Labute approximate surface area is 218 Å². The van der Waals surface area contributed by atoms with Crippen LogP contribution in [0, 0.1) is 5.82 Å². The fourth-order valence-corrected chi connectivity index (χ4v) is 4.11. The fourth-order valence-electron chi connectivity index (χ4n) is 3.98. The highest BCUT2D eigenvalue weighted by Crippen LogP contribution is 2.36. The zero-order valence-corrected chi connectivity index (χ0v) is 20.4. The van der Waals surface area contributed by atoms with E-state index in [2.05, 4.69) is 5.32 Å². The van der Waals surface area contributed by atoms with Crippen molar-refractivity contribution >= 4 is 35.2 Å². The van der Waals surface area contributed by atoms with Gasteiger partial charge in [0.25, 0.3) is 11.8 Å². The average molecular weight is 513 g/mol. The first kappa shape index (κ1) is 24.3. The number of nitrogens with zero attached hydrogens (tertiary/aromatic N) is 1. The van der Waals surface area contributed by atoms with Crippen LogP contribution < -0.4 is 15.0 Å². The number of hydrogen-bond donors (Lipinski definition) is 1. The molecule has 0 saturated carbocycles. The molecule has 0 atom stereocenters. The van der Waals surface area contributed by atoms with Gasteiger partial charge in [-0.3, -0.25) is 14.5 Å². The van der Waals surface area contributed by atoms with Crippen molar-refractivity contribution in [3.8, 4) is 5.75 Å². The molecule has 0 saturated heterocycles. The van der Waals surface area contributed by atoms with E-state index >= 15 is 0 Å². The molecule has 37 heavy (non-hydrogen) atoms. The van der Waals surface area contributed by atoms with Gasteiger partial charge in [0.2, 0.25) is 0 Å². The van der Waals surface area contributed by atoms with E-state index in [0.29, 0.717) is 39.7 Å². The summed E-state index contributed by atoms with van der Waals surface area (Å²) in [6, 6.07) is 27.6. The van der Waals surface area contributed by atoms with Crippen LogP contribution in [0.5, 0.6) is 5.75 Å². The minimum Gasteiger partial charge on any atom is -0.449 e. The van der Waals surface area contributed by atoms with Crippen molar-refractivity contribution in [1.29, 1.82) is 0 Å². The molecule has 1 N–H and O–H groups in total. The van der Waals surface area contributed by atoms with Crippen molar-refractivity contribution in [2.24, 2.45) is 0 Å². The number of para-hydroxylation sites is 2. The predicted octanol–water partition coefficient (Wildman–Crippen LogP) is 6.38. The minimum atomic E-state index is -0.383. The lowest BCUT2D eigenvalue weighted by Gasteiger charge is -2.30. The first-order chi connectivity index (χ1) is 18.0. The molecule has 1 aliphatic heterocycles. The molecule has 184 valence electrons. The number of anilines is 1. The molecule has 0 radical (unpaired) electrons. The Morgan fingerprint density at radius 1 is 0.919 bits per heavy atom. The largest absolute Gasteiger partial charge is 0.449 e. The Morgan fingerprint density at radius 2 is 1.62 bits per heavy atom. The molecule has 0 aromatic heterocycles. The topological polar surface area (TPSA) is 58.6 Å². The molecule has 1 heterocycles. The van der Waals surface area contributed by atoms with Gasteiger partial charge < -0.3 is 10.1 Å². The third kappa shape index (κ3) is 5.55. The second-order valence-corrected chi connectivity index (χ2v) is 8.93. The van der Waals surface area contributed by atoms with Crippen molar-refractivity contribution in [3.05, 3.63) is 136 Å². The molecular weight excluding hydrogens is 491 g/mol. The zero-order valence-electron chi connectivity index (χ0n) is 19.7. The van der Waals surface area contributed by atoms with Gasteiger partial charge in [-0.05, 0) is 59.7 Å². The van der Waals surface area contributed by atoms with E-state index < -0.39 is 0 Å². The van der Waals surface area contributed by atoms with Crippen LogP contribution >= 0.6 is 11.6 Å². The third-order valence-electron chi connectivity index (χ3n) is 5.96. The SMILES string of the molecule is O=C(NCc1ccc(Cl)cc1)c1ccc(/C=C2\Oc3ccccc3N(Cc3ccccc3F)C2=O)cc1. The molecule has 7 heteroatoms. The summed E-state index contributed by atoms with van der Waals surface area (Å²) >= 11 is 5.90.